The molecule has 0 saturated heterocycles. The second kappa shape index (κ2) is 3.80. The van der Waals surface area contributed by atoms with E-state index in [0.717, 1.165) is 10.9 Å². The van der Waals surface area contributed by atoms with Crippen LogP contribution >= 0.6 is 0 Å². The largest absolute Gasteiger partial charge is 0.399 e. The molecule has 17 heavy (non-hydrogen) atoms. The Hall–Kier alpha value is -1.97. The van der Waals surface area contributed by atoms with Gasteiger partial charge in [-0.3, -0.25) is 4.79 Å². The lowest BCUT2D eigenvalue weighted by Crippen LogP contribution is -2.40. The van der Waals surface area contributed by atoms with Gasteiger partial charge in [0.15, 0.2) is 0 Å². The maximum absolute atomic E-state index is 12.1. The summed E-state index contributed by atoms with van der Waals surface area (Å²) in [5.74, 6) is -0.0886. The van der Waals surface area contributed by atoms with Crippen molar-refractivity contribution in [1.29, 1.82) is 0 Å². The summed E-state index contributed by atoms with van der Waals surface area (Å²) in [4.78, 5) is 15.1. The second-order valence-electron chi connectivity index (χ2n) is 5.21. The number of nitrogen functional groups attached to an aromatic ring is 1. The molecule has 0 radical (unpaired) electrons. The van der Waals surface area contributed by atoms with Crippen molar-refractivity contribution in [2.24, 2.45) is 0 Å². The van der Waals surface area contributed by atoms with Gasteiger partial charge in [0.1, 0.15) is 0 Å². The number of nitrogens with one attached hydrogen (secondary N) is 2. The van der Waals surface area contributed by atoms with Gasteiger partial charge in [0.2, 0.25) is 0 Å². The number of aromatic amines is 1. The van der Waals surface area contributed by atoms with Gasteiger partial charge >= 0.3 is 0 Å². The summed E-state index contributed by atoms with van der Waals surface area (Å²) >= 11 is 0. The molecule has 0 aliphatic heterocycles. The van der Waals surface area contributed by atoms with Crippen LogP contribution in [-0.2, 0) is 0 Å². The molecule has 4 heteroatoms. The first kappa shape index (κ1) is 11.5. The third-order valence-corrected chi connectivity index (χ3v) is 2.44. The number of anilines is 1. The summed E-state index contributed by atoms with van der Waals surface area (Å²) in [7, 11) is 0. The zero-order valence-corrected chi connectivity index (χ0v) is 10.3. The lowest BCUT2D eigenvalue weighted by Gasteiger charge is -2.20. The van der Waals surface area contributed by atoms with Gasteiger partial charge < -0.3 is 16.0 Å². The molecular weight excluding hydrogens is 214 g/mol. The zero-order chi connectivity index (χ0) is 12.6. The first-order valence-electron chi connectivity index (χ1n) is 5.56. The van der Waals surface area contributed by atoms with Crippen molar-refractivity contribution in [3.8, 4) is 0 Å². The minimum Gasteiger partial charge on any atom is -0.399 e. The molecule has 1 heterocycles. The Morgan fingerprint density at radius 1 is 1.35 bits per heavy atom. The summed E-state index contributed by atoms with van der Waals surface area (Å²) < 4.78 is 0. The minimum absolute atomic E-state index is 0.0886. The van der Waals surface area contributed by atoms with Crippen LogP contribution < -0.4 is 11.1 Å². The van der Waals surface area contributed by atoms with Crippen LogP contribution in [0.5, 0.6) is 0 Å². The Kier molecular flexibility index (Phi) is 2.58. The smallest absolute Gasteiger partial charge is 0.253 e. The molecule has 0 fully saturated rings. The Morgan fingerprint density at radius 3 is 2.71 bits per heavy atom. The first-order chi connectivity index (χ1) is 7.87. The number of carbonyl (C=O) groups excluding carboxylic acids is 1. The molecule has 0 bridgehead atoms. The number of hydrogen-bond donors (Lipinski definition) is 3. The molecule has 1 aromatic carbocycles. The fraction of sp³-hybridized carbons (Fsp3) is 0.308. The topological polar surface area (TPSA) is 70.9 Å². The van der Waals surface area contributed by atoms with E-state index in [0.29, 0.717) is 11.3 Å². The molecule has 0 aliphatic rings. The SMILES string of the molecule is CC(C)(C)NC(=O)c1c[nH]c2ccc(N)cc12. The highest BCUT2D eigenvalue weighted by atomic mass is 16.1. The zero-order valence-electron chi connectivity index (χ0n) is 10.3. The van der Waals surface area contributed by atoms with Gasteiger partial charge in [0, 0.05) is 28.3 Å². The van der Waals surface area contributed by atoms with Crippen LogP contribution in [0.25, 0.3) is 10.9 Å². The van der Waals surface area contributed by atoms with E-state index in [-0.39, 0.29) is 11.4 Å². The van der Waals surface area contributed by atoms with Crippen LogP contribution in [0.2, 0.25) is 0 Å². The summed E-state index contributed by atoms with van der Waals surface area (Å²) in [5, 5.41) is 3.79. The van der Waals surface area contributed by atoms with Crippen molar-refractivity contribution in [1.82, 2.24) is 10.3 Å². The number of carbonyl (C=O) groups is 1. The quantitative estimate of drug-likeness (QED) is 0.659. The molecule has 0 unspecified atom stereocenters. The lowest BCUT2D eigenvalue weighted by atomic mass is 10.1. The fourth-order valence-corrected chi connectivity index (χ4v) is 1.73. The van der Waals surface area contributed by atoms with E-state index < -0.39 is 0 Å². The monoisotopic (exact) mass is 231 g/mol. The predicted octanol–water partition coefficient (Wildman–Crippen LogP) is 2.28. The average molecular weight is 231 g/mol. The number of amides is 1. The van der Waals surface area contributed by atoms with Gasteiger partial charge in [-0.05, 0) is 39.0 Å². The van der Waals surface area contributed by atoms with E-state index in [9.17, 15) is 4.79 Å². The van der Waals surface area contributed by atoms with E-state index in [1.807, 2.05) is 39.0 Å². The van der Waals surface area contributed by atoms with Crippen LogP contribution in [0.3, 0.4) is 0 Å². The standard InChI is InChI=1S/C13H17N3O/c1-13(2,3)16-12(17)10-7-15-11-5-4-8(14)6-9(10)11/h4-7,15H,14H2,1-3H3,(H,16,17). The number of benzene rings is 1. The van der Waals surface area contributed by atoms with E-state index >= 15 is 0 Å². The van der Waals surface area contributed by atoms with Gasteiger partial charge in [-0.25, -0.2) is 0 Å². The number of rotatable bonds is 1. The molecule has 0 aliphatic carbocycles. The Bertz CT molecular complexity index is 564. The molecule has 1 amide bonds. The van der Waals surface area contributed by atoms with Crippen LogP contribution in [0.1, 0.15) is 31.1 Å². The molecule has 1 aromatic heterocycles. The van der Waals surface area contributed by atoms with E-state index in [1.165, 1.54) is 0 Å². The van der Waals surface area contributed by atoms with Crippen molar-refractivity contribution in [3.05, 3.63) is 30.0 Å². The number of H-pyrrole nitrogens is 1. The summed E-state index contributed by atoms with van der Waals surface area (Å²) in [6.45, 7) is 5.86. The maximum Gasteiger partial charge on any atom is 0.253 e. The Balaban J connectivity index is 2.42. The van der Waals surface area contributed by atoms with Crippen molar-refractivity contribution in [3.63, 3.8) is 0 Å². The molecular formula is C13H17N3O. The molecule has 0 atom stereocenters. The number of hydrogen-bond acceptors (Lipinski definition) is 2. The van der Waals surface area contributed by atoms with Crippen molar-refractivity contribution < 1.29 is 4.79 Å². The highest BCUT2D eigenvalue weighted by Gasteiger charge is 2.18. The molecule has 4 N–H and O–H groups in total. The van der Waals surface area contributed by atoms with Crippen molar-refractivity contribution >= 4 is 22.5 Å². The van der Waals surface area contributed by atoms with Gasteiger partial charge in [-0.2, -0.15) is 0 Å². The van der Waals surface area contributed by atoms with E-state index in [1.54, 1.807) is 6.20 Å². The Labute approximate surface area is 100 Å². The van der Waals surface area contributed by atoms with Crippen LogP contribution in [0.4, 0.5) is 5.69 Å². The normalized spacial score (nSPS) is 11.7. The Morgan fingerprint density at radius 2 is 2.06 bits per heavy atom. The first-order valence-corrected chi connectivity index (χ1v) is 5.56. The number of nitrogens with two attached hydrogens (primary N) is 1. The van der Waals surface area contributed by atoms with Crippen LogP contribution in [-0.4, -0.2) is 16.4 Å². The molecule has 0 spiro atoms. The highest BCUT2D eigenvalue weighted by molar-refractivity contribution is 6.07. The highest BCUT2D eigenvalue weighted by Crippen LogP contribution is 2.21. The predicted molar refractivity (Wildman–Crippen MR) is 69.9 cm³/mol. The fourth-order valence-electron chi connectivity index (χ4n) is 1.73. The van der Waals surface area contributed by atoms with Crippen LogP contribution in [0, 0.1) is 0 Å². The molecule has 2 aromatic rings. The third kappa shape index (κ3) is 2.41. The second-order valence-corrected chi connectivity index (χ2v) is 5.21. The number of fused-ring (bicyclic) bond motifs is 1. The summed E-state index contributed by atoms with van der Waals surface area (Å²) in [5.41, 5.74) is 7.68. The van der Waals surface area contributed by atoms with Gasteiger partial charge in [-0.15, -0.1) is 0 Å². The molecule has 2 rings (SSSR count). The van der Waals surface area contributed by atoms with E-state index in [2.05, 4.69) is 10.3 Å². The van der Waals surface area contributed by atoms with Crippen molar-refractivity contribution in [2.75, 3.05) is 5.73 Å². The van der Waals surface area contributed by atoms with Gasteiger partial charge in [0.25, 0.3) is 5.91 Å². The van der Waals surface area contributed by atoms with Gasteiger partial charge in [-0.1, -0.05) is 0 Å². The lowest BCUT2D eigenvalue weighted by molar-refractivity contribution is 0.0921. The van der Waals surface area contributed by atoms with E-state index in [4.69, 9.17) is 5.73 Å². The van der Waals surface area contributed by atoms with Crippen LogP contribution in [0.15, 0.2) is 24.4 Å². The maximum atomic E-state index is 12.1. The minimum atomic E-state index is -0.249. The summed E-state index contributed by atoms with van der Waals surface area (Å²) in [6.07, 6.45) is 1.71. The summed E-state index contributed by atoms with van der Waals surface area (Å²) in [6, 6.07) is 5.49. The average Bonchev–Trinajstić information content (AvgIpc) is 2.57. The molecule has 0 saturated carbocycles. The number of aromatic nitrogens is 1. The molecule has 4 nitrogen and oxygen atoms in total. The van der Waals surface area contributed by atoms with Crippen molar-refractivity contribution in [2.45, 2.75) is 26.3 Å². The third-order valence-electron chi connectivity index (χ3n) is 2.44. The van der Waals surface area contributed by atoms with Gasteiger partial charge in [0.05, 0.1) is 5.56 Å². The molecule has 90 valence electrons.